The highest BCUT2D eigenvalue weighted by atomic mass is 35.5. The summed E-state index contributed by atoms with van der Waals surface area (Å²) in [5.41, 5.74) is 0. The molecule has 122 valence electrons. The van der Waals surface area contributed by atoms with Crippen molar-refractivity contribution < 1.29 is 14.3 Å². The van der Waals surface area contributed by atoms with Gasteiger partial charge >= 0.3 is 0 Å². The molecule has 0 bridgehead atoms. The van der Waals surface area contributed by atoms with Crippen molar-refractivity contribution in [2.45, 2.75) is 25.0 Å². The average molecular weight is 336 g/mol. The Morgan fingerprint density at radius 2 is 2.09 bits per heavy atom. The molecule has 1 saturated heterocycles. The van der Waals surface area contributed by atoms with Crippen LogP contribution < -0.4 is 0 Å². The van der Waals surface area contributed by atoms with Crippen LogP contribution in [0.2, 0.25) is 5.22 Å². The second kappa shape index (κ2) is 5.69. The molecule has 1 amide bonds. The molecule has 4 atom stereocenters. The summed E-state index contributed by atoms with van der Waals surface area (Å²) in [5.74, 6) is 0.849. The number of aliphatic hydroxyl groups excluding tert-OH is 1. The van der Waals surface area contributed by atoms with E-state index in [1.165, 1.54) is 0 Å². The number of fused-ring (bicyclic) bond motifs is 1. The number of hydrogen-bond donors (Lipinski definition) is 1. The molecule has 0 unspecified atom stereocenters. The summed E-state index contributed by atoms with van der Waals surface area (Å²) in [4.78, 5) is 14.3. The highest BCUT2D eigenvalue weighted by Gasteiger charge is 2.44. The van der Waals surface area contributed by atoms with Crippen LogP contribution in [0.3, 0.4) is 0 Å². The first-order valence-corrected chi connectivity index (χ1v) is 8.21. The fourth-order valence-electron chi connectivity index (χ4n) is 3.92. The summed E-state index contributed by atoms with van der Waals surface area (Å²) in [6.07, 6.45) is 4.71. The molecule has 2 aromatic rings. The molecule has 1 saturated carbocycles. The summed E-state index contributed by atoms with van der Waals surface area (Å²) < 4.78 is 7.05. The molecular weight excluding hydrogens is 318 g/mol. The lowest BCUT2D eigenvalue weighted by Crippen LogP contribution is -2.36. The molecule has 0 aromatic carbocycles. The molecule has 2 fully saturated rings. The van der Waals surface area contributed by atoms with Gasteiger partial charge in [0.25, 0.3) is 5.91 Å². The lowest BCUT2D eigenvalue weighted by molar-refractivity contribution is 0.0306. The fourth-order valence-corrected chi connectivity index (χ4v) is 4.07. The maximum atomic E-state index is 12.5. The van der Waals surface area contributed by atoms with Crippen LogP contribution in [0.5, 0.6) is 0 Å². The van der Waals surface area contributed by atoms with Gasteiger partial charge in [0.2, 0.25) is 0 Å². The molecule has 2 aliphatic rings. The average Bonchev–Trinajstić information content (AvgIpc) is 3.25. The van der Waals surface area contributed by atoms with Gasteiger partial charge in [-0.3, -0.25) is 9.48 Å². The molecule has 1 N–H and O–H groups in total. The van der Waals surface area contributed by atoms with E-state index >= 15 is 0 Å². The van der Waals surface area contributed by atoms with E-state index in [4.69, 9.17) is 16.0 Å². The number of carbonyl (C=O) groups is 1. The second-order valence-electron chi connectivity index (χ2n) is 6.43. The van der Waals surface area contributed by atoms with E-state index in [9.17, 15) is 9.90 Å². The molecule has 7 heteroatoms. The van der Waals surface area contributed by atoms with Gasteiger partial charge < -0.3 is 14.4 Å². The third kappa shape index (κ3) is 2.66. The van der Waals surface area contributed by atoms with E-state index in [2.05, 4.69) is 5.10 Å². The van der Waals surface area contributed by atoms with Gasteiger partial charge in [-0.05, 0) is 54.5 Å². The largest absolute Gasteiger partial charge is 0.440 e. The fraction of sp³-hybridized carbons (Fsp3) is 0.500. The van der Waals surface area contributed by atoms with E-state index in [-0.39, 0.29) is 22.9 Å². The SMILES string of the molecule is O=C(c1ccc(Cl)o1)N1C[C@H]2C[C@@H](n3cccn3)[C@H](O)C[C@H]2C1. The van der Waals surface area contributed by atoms with Crippen molar-refractivity contribution in [3.63, 3.8) is 0 Å². The Morgan fingerprint density at radius 3 is 2.74 bits per heavy atom. The summed E-state index contributed by atoms with van der Waals surface area (Å²) in [7, 11) is 0. The van der Waals surface area contributed by atoms with Crippen molar-refractivity contribution in [2.24, 2.45) is 11.8 Å². The van der Waals surface area contributed by atoms with Crippen molar-refractivity contribution in [3.8, 4) is 0 Å². The smallest absolute Gasteiger partial charge is 0.289 e. The van der Waals surface area contributed by atoms with Gasteiger partial charge in [0, 0.05) is 25.5 Å². The number of amides is 1. The number of aromatic nitrogens is 2. The molecule has 3 heterocycles. The van der Waals surface area contributed by atoms with Crippen molar-refractivity contribution >= 4 is 17.5 Å². The maximum Gasteiger partial charge on any atom is 0.289 e. The highest BCUT2D eigenvalue weighted by molar-refractivity contribution is 6.29. The lowest BCUT2D eigenvalue weighted by Gasteiger charge is -2.35. The summed E-state index contributed by atoms with van der Waals surface area (Å²) >= 11 is 5.75. The minimum absolute atomic E-state index is 0.0145. The zero-order chi connectivity index (χ0) is 16.0. The van der Waals surface area contributed by atoms with Gasteiger partial charge in [0.1, 0.15) is 0 Å². The van der Waals surface area contributed by atoms with Crippen LogP contribution in [0.25, 0.3) is 0 Å². The summed E-state index contributed by atoms with van der Waals surface area (Å²) in [6, 6.07) is 5.03. The van der Waals surface area contributed by atoms with E-state index in [0.29, 0.717) is 31.3 Å². The zero-order valence-electron chi connectivity index (χ0n) is 12.5. The van der Waals surface area contributed by atoms with E-state index < -0.39 is 6.10 Å². The number of nitrogens with zero attached hydrogens (tertiary/aromatic N) is 3. The predicted octanol–water partition coefficient (Wildman–Crippen LogP) is 2.21. The third-order valence-corrected chi connectivity index (χ3v) is 5.25. The third-order valence-electron chi connectivity index (χ3n) is 5.04. The summed E-state index contributed by atoms with van der Waals surface area (Å²) in [6.45, 7) is 1.34. The molecule has 1 aliphatic carbocycles. The van der Waals surface area contributed by atoms with Crippen molar-refractivity contribution in [2.75, 3.05) is 13.1 Å². The molecular formula is C16H18ClN3O3. The molecule has 2 aromatic heterocycles. The Labute approximate surface area is 138 Å². The first kappa shape index (κ1) is 14.8. The predicted molar refractivity (Wildman–Crippen MR) is 83.1 cm³/mol. The van der Waals surface area contributed by atoms with Crippen LogP contribution in [-0.4, -0.2) is 44.9 Å². The van der Waals surface area contributed by atoms with Gasteiger partial charge in [-0.2, -0.15) is 5.10 Å². The van der Waals surface area contributed by atoms with Gasteiger partial charge in [0.05, 0.1) is 12.1 Å². The number of halogens is 1. The quantitative estimate of drug-likeness (QED) is 0.913. The first-order valence-electron chi connectivity index (χ1n) is 7.83. The molecule has 23 heavy (non-hydrogen) atoms. The van der Waals surface area contributed by atoms with Crippen LogP contribution in [0.4, 0.5) is 0 Å². The zero-order valence-corrected chi connectivity index (χ0v) is 13.3. The minimum Gasteiger partial charge on any atom is -0.440 e. The molecule has 0 spiro atoms. The van der Waals surface area contributed by atoms with Crippen LogP contribution >= 0.6 is 11.6 Å². The topological polar surface area (TPSA) is 71.5 Å². The van der Waals surface area contributed by atoms with Crippen LogP contribution in [0.15, 0.2) is 35.0 Å². The highest BCUT2D eigenvalue weighted by Crippen LogP contribution is 2.41. The molecule has 4 rings (SSSR count). The Balaban J connectivity index is 1.48. The number of carbonyl (C=O) groups excluding carboxylic acids is 1. The lowest BCUT2D eigenvalue weighted by atomic mass is 9.77. The molecule has 1 aliphatic heterocycles. The van der Waals surface area contributed by atoms with Gasteiger partial charge in [-0.25, -0.2) is 0 Å². The number of rotatable bonds is 2. The van der Waals surface area contributed by atoms with Gasteiger partial charge in [-0.1, -0.05) is 0 Å². The van der Waals surface area contributed by atoms with Crippen LogP contribution in [-0.2, 0) is 0 Å². The van der Waals surface area contributed by atoms with Crippen molar-refractivity contribution in [1.29, 1.82) is 0 Å². The van der Waals surface area contributed by atoms with Gasteiger partial charge in [0.15, 0.2) is 11.0 Å². The number of hydrogen-bond acceptors (Lipinski definition) is 4. The molecule has 0 radical (unpaired) electrons. The Hall–Kier alpha value is -1.79. The van der Waals surface area contributed by atoms with Crippen LogP contribution in [0.1, 0.15) is 29.4 Å². The number of furan rings is 1. The van der Waals surface area contributed by atoms with Gasteiger partial charge in [-0.15, -0.1) is 0 Å². The van der Waals surface area contributed by atoms with E-state index in [1.807, 2.05) is 21.8 Å². The minimum atomic E-state index is -0.427. The van der Waals surface area contributed by atoms with Crippen LogP contribution in [0, 0.1) is 11.8 Å². The number of likely N-dealkylation sites (tertiary alicyclic amines) is 1. The molecule has 6 nitrogen and oxygen atoms in total. The second-order valence-corrected chi connectivity index (χ2v) is 6.80. The maximum absolute atomic E-state index is 12.5. The Kier molecular flexibility index (Phi) is 3.66. The van der Waals surface area contributed by atoms with Crippen molar-refractivity contribution in [3.05, 3.63) is 41.6 Å². The normalized spacial score (nSPS) is 30.4. The van der Waals surface area contributed by atoms with E-state index in [1.54, 1.807) is 18.3 Å². The first-order chi connectivity index (χ1) is 11.1. The Bertz CT molecular complexity index is 699. The summed E-state index contributed by atoms with van der Waals surface area (Å²) in [5, 5.41) is 14.9. The standard InChI is InChI=1S/C16H18ClN3O3/c17-15-3-2-14(23-15)16(22)19-8-10-6-12(20-5-1-4-18-20)13(21)7-11(10)9-19/h1-5,10-13,21H,6-9H2/t10-,11+,12-,13-/m1/s1. The number of aliphatic hydroxyl groups is 1. The Morgan fingerprint density at radius 1 is 1.30 bits per heavy atom. The van der Waals surface area contributed by atoms with E-state index in [0.717, 1.165) is 6.42 Å². The van der Waals surface area contributed by atoms with Crippen molar-refractivity contribution in [1.82, 2.24) is 14.7 Å². The monoisotopic (exact) mass is 335 g/mol.